The number of carbonyl (C=O) groups excluding carboxylic acids is 1. The van der Waals surface area contributed by atoms with Crippen LogP contribution in [-0.4, -0.2) is 38.3 Å². The molecule has 0 heterocycles. The Hall–Kier alpha value is -1.07. The maximum absolute atomic E-state index is 11.0. The number of nitrogens with one attached hydrogen (secondary N) is 3. The Morgan fingerprint density at radius 2 is 2.15 bits per heavy atom. The van der Waals surface area contributed by atoms with E-state index in [0.717, 1.165) is 13.0 Å². The summed E-state index contributed by atoms with van der Waals surface area (Å²) < 4.78 is 0. The van der Waals surface area contributed by atoms with Crippen LogP contribution < -0.4 is 15.7 Å². The van der Waals surface area contributed by atoms with Gasteiger partial charge in [-0.05, 0) is 0 Å². The Morgan fingerprint density at radius 1 is 1.54 bits per heavy atom. The Morgan fingerprint density at radius 3 is 2.62 bits per heavy atom. The molecule has 0 fully saturated rings. The molecule has 5 nitrogen and oxygen atoms in total. The molecule has 0 aromatic carbocycles. The first kappa shape index (κ1) is 11.9. The van der Waals surface area contributed by atoms with Crippen LogP contribution in [0.1, 0.15) is 6.42 Å². The molecule has 0 spiro atoms. The van der Waals surface area contributed by atoms with Crippen molar-refractivity contribution in [2.45, 2.75) is 6.42 Å². The number of amides is 1. The zero-order valence-electron chi connectivity index (χ0n) is 8.18. The van der Waals surface area contributed by atoms with Crippen molar-refractivity contribution in [2.75, 3.05) is 27.2 Å². The van der Waals surface area contributed by atoms with Crippen molar-refractivity contribution in [1.82, 2.24) is 10.8 Å². The summed E-state index contributed by atoms with van der Waals surface area (Å²) in [4.78, 5) is 12.3. The fraction of sp³-hybridized carbons (Fsp3) is 0.625. The van der Waals surface area contributed by atoms with E-state index >= 15 is 0 Å². The molecule has 1 amide bonds. The van der Waals surface area contributed by atoms with Gasteiger partial charge in [0.15, 0.2) is 0 Å². The van der Waals surface area contributed by atoms with Gasteiger partial charge >= 0.3 is 0 Å². The molecule has 76 valence electrons. The molecule has 0 aromatic rings. The molecule has 0 saturated carbocycles. The van der Waals surface area contributed by atoms with Crippen LogP contribution in [0.15, 0.2) is 12.3 Å². The van der Waals surface area contributed by atoms with Crippen molar-refractivity contribution < 1.29 is 14.9 Å². The van der Waals surface area contributed by atoms with E-state index in [1.807, 2.05) is 0 Å². The first-order valence-electron chi connectivity index (χ1n) is 4.24. The Labute approximate surface area is 78.4 Å². The molecule has 0 atom stereocenters. The van der Waals surface area contributed by atoms with Gasteiger partial charge in [0.1, 0.15) is 5.70 Å². The molecular formula is C8H18N3O2+. The Bertz CT molecular complexity index is 180. The second kappa shape index (κ2) is 6.45. The third kappa shape index (κ3) is 6.12. The second-order valence-corrected chi connectivity index (χ2v) is 3.16. The Balaban J connectivity index is 3.43. The molecule has 0 radical (unpaired) electrons. The molecule has 0 bridgehead atoms. The predicted octanol–water partition coefficient (Wildman–Crippen LogP) is -1.87. The summed E-state index contributed by atoms with van der Waals surface area (Å²) in [7, 11) is 4.10. The van der Waals surface area contributed by atoms with E-state index in [1.54, 1.807) is 5.48 Å². The first-order valence-corrected chi connectivity index (χ1v) is 4.24. The fourth-order valence-electron chi connectivity index (χ4n) is 0.801. The molecule has 5 heteroatoms. The van der Waals surface area contributed by atoms with Crippen LogP contribution in [0.3, 0.4) is 0 Å². The van der Waals surface area contributed by atoms with E-state index in [1.165, 1.54) is 4.90 Å². The summed E-state index contributed by atoms with van der Waals surface area (Å²) in [6.07, 6.45) is 0.910. The van der Waals surface area contributed by atoms with Crippen molar-refractivity contribution >= 4 is 5.91 Å². The zero-order chi connectivity index (χ0) is 10.3. The third-order valence-corrected chi connectivity index (χ3v) is 1.55. The van der Waals surface area contributed by atoms with Gasteiger partial charge in [-0.2, -0.15) is 0 Å². The van der Waals surface area contributed by atoms with E-state index in [2.05, 4.69) is 26.0 Å². The van der Waals surface area contributed by atoms with Crippen LogP contribution in [0.5, 0.6) is 0 Å². The number of hydroxylamine groups is 1. The molecule has 0 unspecified atom stereocenters. The van der Waals surface area contributed by atoms with Gasteiger partial charge in [0.05, 0.1) is 20.6 Å². The highest BCUT2D eigenvalue weighted by Gasteiger charge is 2.03. The summed E-state index contributed by atoms with van der Waals surface area (Å²) in [6, 6.07) is 0. The van der Waals surface area contributed by atoms with Crippen LogP contribution in [-0.2, 0) is 4.79 Å². The average molecular weight is 188 g/mol. The number of hydrogen-bond donors (Lipinski definition) is 4. The summed E-state index contributed by atoms with van der Waals surface area (Å²) in [5.74, 6) is -0.365. The van der Waals surface area contributed by atoms with Crippen molar-refractivity contribution in [3.8, 4) is 0 Å². The normalized spacial score (nSPS) is 9.85. The highest BCUT2D eigenvalue weighted by atomic mass is 16.5. The predicted molar refractivity (Wildman–Crippen MR) is 49.4 cm³/mol. The highest BCUT2D eigenvalue weighted by Crippen LogP contribution is 1.81. The van der Waals surface area contributed by atoms with E-state index in [9.17, 15) is 4.79 Å². The van der Waals surface area contributed by atoms with Crippen molar-refractivity contribution in [3.63, 3.8) is 0 Å². The lowest BCUT2D eigenvalue weighted by molar-refractivity contribution is -0.858. The van der Waals surface area contributed by atoms with Gasteiger partial charge < -0.3 is 10.2 Å². The Kier molecular flexibility index (Phi) is 5.92. The van der Waals surface area contributed by atoms with Gasteiger partial charge in [-0.25, -0.2) is 0 Å². The van der Waals surface area contributed by atoms with Crippen molar-refractivity contribution in [3.05, 3.63) is 12.3 Å². The number of rotatable bonds is 6. The molecule has 0 aliphatic carbocycles. The lowest BCUT2D eigenvalue weighted by atomic mass is 10.4. The summed E-state index contributed by atoms with van der Waals surface area (Å²) in [6.45, 7) is 4.91. The largest absolute Gasteiger partial charge is 0.351 e. The molecule has 13 heavy (non-hydrogen) atoms. The lowest BCUT2D eigenvalue weighted by Crippen LogP contribution is -3.05. The van der Waals surface area contributed by atoms with Gasteiger partial charge in [0, 0.05) is 13.0 Å². The van der Waals surface area contributed by atoms with Gasteiger partial charge in [-0.3, -0.25) is 15.5 Å². The van der Waals surface area contributed by atoms with Gasteiger partial charge in [-0.1, -0.05) is 6.58 Å². The van der Waals surface area contributed by atoms with E-state index in [-0.39, 0.29) is 11.6 Å². The molecule has 0 saturated heterocycles. The number of carbonyl (C=O) groups is 1. The maximum Gasteiger partial charge on any atom is 0.269 e. The fourth-order valence-corrected chi connectivity index (χ4v) is 0.801. The average Bonchev–Trinajstić information content (AvgIpc) is 2.10. The molecule has 0 aliphatic rings. The number of quaternary nitrogens is 1. The van der Waals surface area contributed by atoms with Crippen LogP contribution in [0, 0.1) is 0 Å². The smallest absolute Gasteiger partial charge is 0.269 e. The van der Waals surface area contributed by atoms with Gasteiger partial charge in [0.25, 0.3) is 5.91 Å². The zero-order valence-corrected chi connectivity index (χ0v) is 8.18. The minimum atomic E-state index is -0.365. The SMILES string of the molecule is C=C(NO)C(=O)NCCC[NH+](C)C. The second-order valence-electron chi connectivity index (χ2n) is 3.16. The minimum absolute atomic E-state index is 0.0304. The van der Waals surface area contributed by atoms with E-state index < -0.39 is 0 Å². The molecule has 0 aliphatic heterocycles. The molecule has 0 rings (SSSR count). The minimum Gasteiger partial charge on any atom is -0.351 e. The first-order chi connectivity index (χ1) is 6.07. The standard InChI is InChI=1S/C8H17N3O2/c1-7(10-13)8(12)9-5-4-6-11(2)3/h10,13H,1,4-6H2,2-3H3,(H,9,12)/p+1. The lowest BCUT2D eigenvalue weighted by Gasteiger charge is -2.08. The maximum atomic E-state index is 11.0. The van der Waals surface area contributed by atoms with E-state index in [4.69, 9.17) is 5.21 Å². The quantitative estimate of drug-likeness (QED) is 0.224. The molecular weight excluding hydrogens is 170 g/mol. The van der Waals surface area contributed by atoms with Gasteiger partial charge in [-0.15, -0.1) is 0 Å². The summed E-state index contributed by atoms with van der Waals surface area (Å²) >= 11 is 0. The van der Waals surface area contributed by atoms with Crippen LogP contribution in [0.25, 0.3) is 0 Å². The summed E-state index contributed by atoms with van der Waals surface area (Å²) in [5.41, 5.74) is 1.67. The number of hydrogen-bond acceptors (Lipinski definition) is 3. The monoisotopic (exact) mass is 188 g/mol. The van der Waals surface area contributed by atoms with Crippen molar-refractivity contribution in [2.24, 2.45) is 0 Å². The third-order valence-electron chi connectivity index (χ3n) is 1.55. The van der Waals surface area contributed by atoms with Crippen LogP contribution in [0.4, 0.5) is 0 Å². The molecule has 0 aromatic heterocycles. The topological polar surface area (TPSA) is 65.8 Å². The molecule has 4 N–H and O–H groups in total. The van der Waals surface area contributed by atoms with Crippen LogP contribution >= 0.6 is 0 Å². The van der Waals surface area contributed by atoms with Crippen molar-refractivity contribution in [1.29, 1.82) is 0 Å². The highest BCUT2D eigenvalue weighted by molar-refractivity contribution is 5.91. The van der Waals surface area contributed by atoms with Crippen LogP contribution in [0.2, 0.25) is 0 Å². The summed E-state index contributed by atoms with van der Waals surface area (Å²) in [5, 5.41) is 10.9. The van der Waals surface area contributed by atoms with Gasteiger partial charge in [0.2, 0.25) is 0 Å². The van der Waals surface area contributed by atoms with E-state index in [0.29, 0.717) is 6.54 Å².